The van der Waals surface area contributed by atoms with Crippen LogP contribution in [0.1, 0.15) is 25.0 Å². The van der Waals surface area contributed by atoms with Crippen LogP contribution in [0, 0.1) is 0 Å². The Labute approximate surface area is 108 Å². The maximum absolute atomic E-state index is 9.58. The summed E-state index contributed by atoms with van der Waals surface area (Å²) in [5, 5.41) is 9.58. The van der Waals surface area contributed by atoms with Crippen LogP contribution in [0.25, 0.3) is 0 Å². The van der Waals surface area contributed by atoms with Gasteiger partial charge >= 0.3 is 0 Å². The Morgan fingerprint density at radius 3 is 2.61 bits per heavy atom. The molecule has 4 nitrogen and oxygen atoms in total. The molecule has 1 atom stereocenters. The van der Waals surface area contributed by atoms with Gasteiger partial charge in [0.25, 0.3) is 0 Å². The molecule has 0 aliphatic rings. The molecule has 1 aromatic carbocycles. The number of aliphatic hydroxyl groups is 1. The van der Waals surface area contributed by atoms with Gasteiger partial charge in [-0.2, -0.15) is 0 Å². The van der Waals surface area contributed by atoms with Gasteiger partial charge in [-0.1, -0.05) is 18.2 Å². The summed E-state index contributed by atoms with van der Waals surface area (Å²) >= 11 is 0. The number of ether oxygens (including phenoxy) is 3. The second-order valence-corrected chi connectivity index (χ2v) is 4.02. The van der Waals surface area contributed by atoms with Crippen molar-refractivity contribution in [1.82, 2.24) is 0 Å². The molecule has 0 radical (unpaired) electrons. The van der Waals surface area contributed by atoms with Gasteiger partial charge in [0.15, 0.2) is 0 Å². The van der Waals surface area contributed by atoms with Gasteiger partial charge in [0.2, 0.25) is 0 Å². The third kappa shape index (κ3) is 5.49. The monoisotopic (exact) mass is 254 g/mol. The fourth-order valence-corrected chi connectivity index (χ4v) is 1.58. The van der Waals surface area contributed by atoms with Gasteiger partial charge < -0.3 is 19.3 Å². The normalized spacial score (nSPS) is 12.4. The zero-order valence-corrected chi connectivity index (χ0v) is 11.1. The molecule has 0 saturated heterocycles. The summed E-state index contributed by atoms with van der Waals surface area (Å²) < 4.78 is 15.9. The van der Waals surface area contributed by atoms with Crippen LogP contribution in [-0.2, 0) is 9.47 Å². The number of hydrogen-bond acceptors (Lipinski definition) is 4. The van der Waals surface area contributed by atoms with Gasteiger partial charge in [-0.3, -0.25) is 0 Å². The summed E-state index contributed by atoms with van der Waals surface area (Å²) in [4.78, 5) is 0. The molecule has 0 amide bonds. The molecule has 0 bridgehead atoms. The van der Waals surface area contributed by atoms with E-state index >= 15 is 0 Å². The highest BCUT2D eigenvalue weighted by Gasteiger charge is 2.07. The molecule has 1 rings (SSSR count). The standard InChI is InChI=1S/C14H22O4/c1-12(15)13-6-3-4-7-14(13)18-11-10-17-9-5-8-16-2/h3-4,6-7,12,15H,5,8-11H2,1-2H3. The van der Waals surface area contributed by atoms with Crippen LogP contribution in [-0.4, -0.2) is 38.6 Å². The minimum atomic E-state index is -0.524. The van der Waals surface area contributed by atoms with E-state index in [1.54, 1.807) is 14.0 Å². The minimum absolute atomic E-state index is 0.483. The molecule has 0 fully saturated rings. The zero-order chi connectivity index (χ0) is 13.2. The van der Waals surface area contributed by atoms with Crippen LogP contribution in [0.4, 0.5) is 0 Å². The first-order valence-electron chi connectivity index (χ1n) is 6.22. The number of para-hydroxylation sites is 1. The predicted octanol–water partition coefficient (Wildman–Crippen LogP) is 2.17. The maximum atomic E-state index is 9.58. The van der Waals surface area contributed by atoms with Crippen LogP contribution in [0.15, 0.2) is 24.3 Å². The van der Waals surface area contributed by atoms with Gasteiger partial charge in [0.05, 0.1) is 12.7 Å². The predicted molar refractivity (Wildman–Crippen MR) is 69.9 cm³/mol. The number of aliphatic hydroxyl groups excluding tert-OH is 1. The van der Waals surface area contributed by atoms with E-state index in [-0.39, 0.29) is 0 Å². The molecule has 1 aromatic rings. The molecule has 18 heavy (non-hydrogen) atoms. The Kier molecular flexibility index (Phi) is 7.41. The maximum Gasteiger partial charge on any atom is 0.125 e. The summed E-state index contributed by atoms with van der Waals surface area (Å²) in [6.07, 6.45) is 0.365. The van der Waals surface area contributed by atoms with Crippen molar-refractivity contribution in [2.24, 2.45) is 0 Å². The minimum Gasteiger partial charge on any atom is -0.491 e. The van der Waals surface area contributed by atoms with Crippen molar-refractivity contribution < 1.29 is 19.3 Å². The van der Waals surface area contributed by atoms with Crippen molar-refractivity contribution in [2.45, 2.75) is 19.4 Å². The van der Waals surface area contributed by atoms with Gasteiger partial charge in [-0.15, -0.1) is 0 Å². The Morgan fingerprint density at radius 2 is 1.89 bits per heavy atom. The topological polar surface area (TPSA) is 47.9 Å². The largest absolute Gasteiger partial charge is 0.491 e. The van der Waals surface area contributed by atoms with Gasteiger partial charge in [0, 0.05) is 25.9 Å². The van der Waals surface area contributed by atoms with Gasteiger partial charge in [0.1, 0.15) is 12.4 Å². The lowest BCUT2D eigenvalue weighted by Crippen LogP contribution is -2.10. The Morgan fingerprint density at radius 1 is 1.11 bits per heavy atom. The smallest absolute Gasteiger partial charge is 0.125 e. The highest BCUT2D eigenvalue weighted by Crippen LogP contribution is 2.24. The van der Waals surface area contributed by atoms with E-state index in [2.05, 4.69) is 0 Å². The summed E-state index contributed by atoms with van der Waals surface area (Å²) in [7, 11) is 1.68. The fraction of sp³-hybridized carbons (Fsp3) is 0.571. The third-order valence-electron chi connectivity index (χ3n) is 2.49. The van der Waals surface area contributed by atoms with Crippen molar-refractivity contribution in [2.75, 3.05) is 33.5 Å². The van der Waals surface area contributed by atoms with Crippen molar-refractivity contribution >= 4 is 0 Å². The third-order valence-corrected chi connectivity index (χ3v) is 2.49. The van der Waals surface area contributed by atoms with E-state index in [0.717, 1.165) is 12.0 Å². The molecule has 0 saturated carbocycles. The van der Waals surface area contributed by atoms with Crippen LogP contribution in [0.3, 0.4) is 0 Å². The molecule has 0 aromatic heterocycles. The Balaban J connectivity index is 2.23. The Hall–Kier alpha value is -1.10. The van der Waals surface area contributed by atoms with Crippen LogP contribution in [0.2, 0.25) is 0 Å². The summed E-state index contributed by atoms with van der Waals surface area (Å²) in [6, 6.07) is 7.49. The van der Waals surface area contributed by atoms with E-state index < -0.39 is 6.10 Å². The van der Waals surface area contributed by atoms with E-state index in [9.17, 15) is 5.11 Å². The van der Waals surface area contributed by atoms with Crippen LogP contribution >= 0.6 is 0 Å². The molecule has 1 N–H and O–H groups in total. The second kappa shape index (κ2) is 8.91. The molecule has 0 aliphatic heterocycles. The first kappa shape index (κ1) is 15.0. The number of benzene rings is 1. The van der Waals surface area contributed by atoms with E-state index in [4.69, 9.17) is 14.2 Å². The molecule has 0 spiro atoms. The van der Waals surface area contributed by atoms with Crippen molar-refractivity contribution in [1.29, 1.82) is 0 Å². The lowest BCUT2D eigenvalue weighted by atomic mass is 10.1. The SMILES string of the molecule is COCCCOCCOc1ccccc1C(C)O. The highest BCUT2D eigenvalue weighted by atomic mass is 16.5. The van der Waals surface area contributed by atoms with Crippen molar-refractivity contribution in [3.05, 3.63) is 29.8 Å². The molecule has 0 heterocycles. The zero-order valence-electron chi connectivity index (χ0n) is 11.1. The van der Waals surface area contributed by atoms with Crippen molar-refractivity contribution in [3.63, 3.8) is 0 Å². The number of methoxy groups -OCH3 is 1. The van der Waals surface area contributed by atoms with Crippen LogP contribution in [0.5, 0.6) is 5.75 Å². The average Bonchev–Trinajstić information content (AvgIpc) is 2.38. The molecule has 102 valence electrons. The average molecular weight is 254 g/mol. The van der Waals surface area contributed by atoms with E-state index in [1.807, 2.05) is 24.3 Å². The molecular formula is C14H22O4. The summed E-state index contributed by atoms with van der Waals surface area (Å²) in [5.41, 5.74) is 0.803. The number of rotatable bonds is 9. The molecule has 4 heteroatoms. The van der Waals surface area contributed by atoms with Crippen LogP contribution < -0.4 is 4.74 Å². The molecule has 0 aliphatic carbocycles. The highest BCUT2D eigenvalue weighted by molar-refractivity contribution is 5.34. The quantitative estimate of drug-likeness (QED) is 0.686. The first-order valence-corrected chi connectivity index (χ1v) is 6.22. The van der Waals surface area contributed by atoms with Crippen molar-refractivity contribution in [3.8, 4) is 5.75 Å². The summed E-state index contributed by atoms with van der Waals surface area (Å²) in [6.45, 7) is 4.14. The molecule has 1 unspecified atom stereocenters. The first-order chi connectivity index (χ1) is 8.75. The van der Waals surface area contributed by atoms with Gasteiger partial charge in [-0.25, -0.2) is 0 Å². The lowest BCUT2D eigenvalue weighted by molar-refractivity contribution is 0.0795. The summed E-state index contributed by atoms with van der Waals surface area (Å²) in [5.74, 6) is 0.716. The molecular weight excluding hydrogens is 232 g/mol. The number of hydrogen-bond donors (Lipinski definition) is 1. The van der Waals surface area contributed by atoms with E-state index in [1.165, 1.54) is 0 Å². The second-order valence-electron chi connectivity index (χ2n) is 4.02. The lowest BCUT2D eigenvalue weighted by Gasteiger charge is -2.13. The van der Waals surface area contributed by atoms with E-state index in [0.29, 0.717) is 32.2 Å². The van der Waals surface area contributed by atoms with Gasteiger partial charge in [-0.05, 0) is 19.4 Å². The Bertz CT molecular complexity index is 325. The fourth-order valence-electron chi connectivity index (χ4n) is 1.58.